The largest absolute Gasteiger partial charge is 0.382 e. The van der Waals surface area contributed by atoms with Crippen molar-refractivity contribution in [2.24, 2.45) is 11.8 Å². The van der Waals surface area contributed by atoms with Crippen LogP contribution in [0.15, 0.2) is 11.0 Å². The molecule has 1 amide bonds. The number of hydrogen-bond donors (Lipinski definition) is 1. The lowest BCUT2D eigenvalue weighted by molar-refractivity contribution is -0.174. The van der Waals surface area contributed by atoms with Crippen molar-refractivity contribution in [1.29, 1.82) is 0 Å². The summed E-state index contributed by atoms with van der Waals surface area (Å²) in [7, 11) is 3.09. The van der Waals surface area contributed by atoms with Gasteiger partial charge in [-0.05, 0) is 44.4 Å². The van der Waals surface area contributed by atoms with Crippen LogP contribution in [0.4, 0.5) is 5.69 Å². The summed E-state index contributed by atoms with van der Waals surface area (Å²) in [6, 6.07) is -0.0392. The van der Waals surface area contributed by atoms with Crippen LogP contribution in [0.3, 0.4) is 0 Å². The molecule has 0 spiro atoms. The van der Waals surface area contributed by atoms with E-state index in [-0.39, 0.29) is 28.4 Å². The highest BCUT2D eigenvalue weighted by Gasteiger charge is 2.30. The van der Waals surface area contributed by atoms with E-state index in [2.05, 4.69) is 10.4 Å². The maximum atomic E-state index is 12.7. The molecule has 1 unspecified atom stereocenters. The van der Waals surface area contributed by atoms with Crippen molar-refractivity contribution >= 4 is 23.2 Å². The molecule has 1 aliphatic carbocycles. The Morgan fingerprint density at radius 1 is 1.39 bits per heavy atom. The number of hydrogen-bond acceptors (Lipinski definition) is 6. The molecule has 2 fully saturated rings. The fourth-order valence-electron chi connectivity index (χ4n) is 3.97. The lowest BCUT2D eigenvalue weighted by Gasteiger charge is -2.30. The Morgan fingerprint density at radius 2 is 2.14 bits per heavy atom. The molecule has 156 valence electrons. The molecule has 1 aromatic rings. The molecule has 2 aliphatic rings. The molecule has 1 saturated heterocycles. The van der Waals surface area contributed by atoms with E-state index in [9.17, 15) is 9.59 Å². The molecule has 0 radical (unpaired) electrons. The Labute approximate surface area is 170 Å². The molecule has 28 heavy (non-hydrogen) atoms. The van der Waals surface area contributed by atoms with E-state index in [1.54, 1.807) is 13.2 Å². The third kappa shape index (κ3) is 4.85. The van der Waals surface area contributed by atoms with E-state index in [4.69, 9.17) is 21.2 Å². The Bertz CT molecular complexity index is 727. The van der Waals surface area contributed by atoms with Crippen LogP contribution in [-0.4, -0.2) is 54.7 Å². The lowest BCUT2D eigenvalue weighted by Crippen LogP contribution is -2.36. The first-order chi connectivity index (χ1) is 13.5. The summed E-state index contributed by atoms with van der Waals surface area (Å²) in [6.07, 6.45) is 6.62. The van der Waals surface area contributed by atoms with Crippen LogP contribution < -0.4 is 10.9 Å². The molecule has 1 N–H and O–H groups in total. The first-order valence-corrected chi connectivity index (χ1v) is 10.3. The van der Waals surface area contributed by atoms with Crippen LogP contribution in [0.25, 0.3) is 0 Å². The minimum absolute atomic E-state index is 0.0227. The topological polar surface area (TPSA) is 85.7 Å². The highest BCUT2D eigenvalue weighted by molar-refractivity contribution is 6.32. The van der Waals surface area contributed by atoms with Crippen molar-refractivity contribution in [2.45, 2.75) is 44.6 Å². The number of rotatable bonds is 6. The maximum Gasteiger partial charge on any atom is 0.287 e. The van der Waals surface area contributed by atoms with Gasteiger partial charge in [-0.2, -0.15) is 5.10 Å². The molecule has 9 heteroatoms. The summed E-state index contributed by atoms with van der Waals surface area (Å²) < 4.78 is 6.95. The molecule has 3 rings (SSSR count). The van der Waals surface area contributed by atoms with Gasteiger partial charge in [-0.15, -0.1) is 0 Å². The summed E-state index contributed by atoms with van der Waals surface area (Å²) >= 11 is 6.33. The van der Waals surface area contributed by atoms with Crippen LogP contribution in [0.2, 0.25) is 5.02 Å². The summed E-state index contributed by atoms with van der Waals surface area (Å²) in [4.78, 5) is 29.9. The van der Waals surface area contributed by atoms with Gasteiger partial charge in [-0.1, -0.05) is 11.6 Å². The van der Waals surface area contributed by atoms with Crippen molar-refractivity contribution in [1.82, 2.24) is 14.8 Å². The van der Waals surface area contributed by atoms with E-state index in [1.165, 1.54) is 16.9 Å². The van der Waals surface area contributed by atoms with Gasteiger partial charge >= 0.3 is 0 Å². The monoisotopic (exact) mass is 412 g/mol. The molecule has 1 atom stereocenters. The van der Waals surface area contributed by atoms with E-state index < -0.39 is 0 Å². The highest BCUT2D eigenvalue weighted by atomic mass is 35.5. The number of anilines is 1. The number of hydroxylamine groups is 2. The fraction of sp³-hybridized carbons (Fsp3) is 0.737. The van der Waals surface area contributed by atoms with Gasteiger partial charge in [-0.25, -0.2) is 9.75 Å². The summed E-state index contributed by atoms with van der Waals surface area (Å²) in [5.41, 5.74) is 0.287. The first-order valence-electron chi connectivity index (χ1n) is 9.91. The molecular formula is C19H29ClN4O4. The number of amides is 1. The predicted molar refractivity (Wildman–Crippen MR) is 106 cm³/mol. The maximum absolute atomic E-state index is 12.7. The number of halogens is 1. The Morgan fingerprint density at radius 3 is 2.79 bits per heavy atom. The Balaban J connectivity index is 1.60. The van der Waals surface area contributed by atoms with Crippen molar-refractivity contribution in [3.63, 3.8) is 0 Å². The molecular weight excluding hydrogens is 384 g/mol. The number of carbonyl (C=O) groups excluding carboxylic acids is 1. The number of ether oxygens (including phenoxy) is 1. The summed E-state index contributed by atoms with van der Waals surface area (Å²) in [6.45, 7) is 2.27. The average molecular weight is 413 g/mol. The Hall–Kier alpha value is -1.64. The average Bonchev–Trinajstić information content (AvgIpc) is 2.74. The fourth-order valence-corrected chi connectivity index (χ4v) is 4.17. The van der Waals surface area contributed by atoms with Crippen molar-refractivity contribution in [3.05, 3.63) is 21.6 Å². The smallest absolute Gasteiger partial charge is 0.287 e. The van der Waals surface area contributed by atoms with Crippen molar-refractivity contribution in [2.75, 3.05) is 39.2 Å². The molecule has 0 bridgehead atoms. The van der Waals surface area contributed by atoms with Crippen LogP contribution in [0, 0.1) is 11.8 Å². The number of carbonyl (C=O) groups is 1. The molecule has 8 nitrogen and oxygen atoms in total. The Kier molecular flexibility index (Phi) is 7.31. The van der Waals surface area contributed by atoms with Gasteiger partial charge in [0.15, 0.2) is 0 Å². The van der Waals surface area contributed by atoms with Gasteiger partial charge < -0.3 is 10.1 Å². The number of aromatic nitrogens is 2. The minimum atomic E-state index is -0.282. The molecule has 1 saturated carbocycles. The van der Waals surface area contributed by atoms with Gasteiger partial charge in [0.1, 0.15) is 5.02 Å². The van der Waals surface area contributed by atoms with Crippen LogP contribution in [0.1, 0.15) is 44.6 Å². The third-order valence-corrected chi connectivity index (χ3v) is 6.12. The van der Waals surface area contributed by atoms with E-state index in [1.807, 2.05) is 0 Å². The second-order valence-corrected chi connectivity index (χ2v) is 7.99. The van der Waals surface area contributed by atoms with Crippen LogP contribution >= 0.6 is 11.6 Å². The highest BCUT2D eigenvalue weighted by Crippen LogP contribution is 2.32. The molecule has 2 heterocycles. The molecule has 0 aromatic carbocycles. The van der Waals surface area contributed by atoms with Gasteiger partial charge in [0.05, 0.1) is 31.6 Å². The standard InChI is InChI=1S/C19H29ClN4O4/c1-23(27-2)18(25)14-5-7-15(8-6-14)24-19(26)17(20)16(11-22-24)21-10-13-4-3-9-28-12-13/h11,13-15,21H,3-10,12H2,1-2H3/t13?,14-,15+. The SMILES string of the molecule is CON(C)C(=O)[C@H]1CC[C@@H](n2ncc(NCC3CCCOC3)c(Cl)c2=O)CC1. The predicted octanol–water partition coefficient (Wildman–Crippen LogP) is 2.49. The van der Waals surface area contributed by atoms with Crippen molar-refractivity contribution < 1.29 is 14.4 Å². The second kappa shape index (κ2) is 9.71. The minimum Gasteiger partial charge on any atom is -0.382 e. The normalized spacial score (nSPS) is 25.3. The number of nitrogens with one attached hydrogen (secondary N) is 1. The van der Waals surface area contributed by atoms with Gasteiger partial charge in [0.25, 0.3) is 5.56 Å². The summed E-state index contributed by atoms with van der Waals surface area (Å²) in [5.74, 6) is 0.321. The van der Waals surface area contributed by atoms with Gasteiger partial charge in [0.2, 0.25) is 5.91 Å². The van der Waals surface area contributed by atoms with Gasteiger partial charge in [0, 0.05) is 26.1 Å². The molecule has 1 aromatic heterocycles. The van der Waals surface area contributed by atoms with Crippen LogP contribution in [0.5, 0.6) is 0 Å². The van der Waals surface area contributed by atoms with Gasteiger partial charge in [-0.3, -0.25) is 14.4 Å². The van der Waals surface area contributed by atoms with Crippen LogP contribution in [-0.2, 0) is 14.4 Å². The number of nitrogens with zero attached hydrogens (tertiary/aromatic N) is 3. The van der Waals surface area contributed by atoms with Crippen molar-refractivity contribution in [3.8, 4) is 0 Å². The summed E-state index contributed by atoms with van der Waals surface area (Å²) in [5, 5.41) is 9.03. The zero-order valence-corrected chi connectivity index (χ0v) is 17.3. The lowest BCUT2D eigenvalue weighted by atomic mass is 9.85. The zero-order valence-electron chi connectivity index (χ0n) is 16.5. The van der Waals surface area contributed by atoms with E-state index in [0.717, 1.165) is 26.1 Å². The zero-order chi connectivity index (χ0) is 20.1. The second-order valence-electron chi connectivity index (χ2n) is 7.61. The van der Waals surface area contributed by atoms with E-state index >= 15 is 0 Å². The van der Waals surface area contributed by atoms with E-state index in [0.29, 0.717) is 43.8 Å². The third-order valence-electron chi connectivity index (χ3n) is 5.76. The first kappa shape index (κ1) is 21.1. The quantitative estimate of drug-likeness (QED) is 0.722. The molecule has 1 aliphatic heterocycles.